The summed E-state index contributed by atoms with van der Waals surface area (Å²) in [6.45, 7) is 0. The second-order valence-electron chi connectivity index (χ2n) is 7.22. The minimum absolute atomic E-state index is 0.00700. The predicted octanol–water partition coefficient (Wildman–Crippen LogP) is 5.83. The molecule has 10 nitrogen and oxygen atoms in total. The van der Waals surface area contributed by atoms with Crippen LogP contribution in [0.15, 0.2) is 43.9 Å². The van der Waals surface area contributed by atoms with Gasteiger partial charge in [0.2, 0.25) is 0 Å². The largest absolute Gasteiger partial charge is 0.496 e. The van der Waals surface area contributed by atoms with E-state index in [0.717, 1.165) is 12.1 Å². The number of non-ortho nitro benzene ring substituents is 1. The number of carbonyl (C=O) groups excluding carboxylic acids is 1. The number of nitro benzene ring substituents is 1. The molecule has 1 aliphatic rings. The number of alkyl halides is 3. The lowest BCUT2D eigenvalue weighted by Crippen LogP contribution is -2.35. The number of aromatic nitrogens is 2. The van der Waals surface area contributed by atoms with Gasteiger partial charge in [0.1, 0.15) is 17.3 Å². The highest BCUT2D eigenvalue weighted by Gasteiger charge is 2.48. The van der Waals surface area contributed by atoms with E-state index in [1.54, 1.807) is 12.1 Å². The third kappa shape index (κ3) is 4.61. The number of hydrogen-bond donors (Lipinski definition) is 2. The molecule has 1 amide bonds. The number of ether oxygens (including phenoxy) is 1. The van der Waals surface area contributed by atoms with Gasteiger partial charge in [-0.1, -0.05) is 0 Å². The number of amides is 1. The van der Waals surface area contributed by atoms with Gasteiger partial charge in [-0.3, -0.25) is 14.9 Å². The fraction of sp³-hybridized carbons (Fsp3) is 0.263. The highest BCUT2D eigenvalue weighted by Crippen LogP contribution is 2.46. The maximum atomic E-state index is 13.9. The van der Waals surface area contributed by atoms with Gasteiger partial charge in [0, 0.05) is 18.6 Å². The van der Waals surface area contributed by atoms with Crippen molar-refractivity contribution in [2.45, 2.75) is 24.7 Å². The number of furan rings is 1. The van der Waals surface area contributed by atoms with Crippen molar-refractivity contribution in [2.24, 2.45) is 0 Å². The Morgan fingerprint density at radius 3 is 2.68 bits per heavy atom. The van der Waals surface area contributed by atoms with Gasteiger partial charge < -0.3 is 19.8 Å². The standard InChI is InChI=1S/C19H14Br2F3N5O5/c1-33-10-5-8(4-9(6-10)29(31)32)25-18(30)16-15(21)17-26-11(12-2-3-14(20)34-12)7-13(19(22,23)24)28(17)27-16/h2-6,11,13,26H,7H2,1H3,(H,25,30)/t11-,13+/m1/s1. The smallest absolute Gasteiger partial charge is 0.410 e. The summed E-state index contributed by atoms with van der Waals surface area (Å²) in [6, 6.07) is 3.81. The van der Waals surface area contributed by atoms with Crippen LogP contribution in [0.25, 0.3) is 0 Å². The van der Waals surface area contributed by atoms with E-state index in [-0.39, 0.29) is 38.9 Å². The molecule has 15 heteroatoms. The van der Waals surface area contributed by atoms with Crippen molar-refractivity contribution in [3.63, 3.8) is 0 Å². The van der Waals surface area contributed by atoms with Crippen LogP contribution in [0, 0.1) is 10.1 Å². The lowest BCUT2D eigenvalue weighted by Gasteiger charge is -2.32. The molecule has 0 saturated carbocycles. The SMILES string of the molecule is COc1cc(NC(=O)c2nn3c(c2Br)N[C@@H](c2ccc(Br)o2)C[C@H]3C(F)(F)F)cc([N+](=O)[O-])c1. The normalized spacial score (nSPS) is 17.6. The monoisotopic (exact) mass is 607 g/mol. The van der Waals surface area contributed by atoms with Crippen LogP contribution in [-0.2, 0) is 0 Å². The Hall–Kier alpha value is -3.07. The third-order valence-corrected chi connectivity index (χ3v) is 6.22. The number of nitro groups is 1. The summed E-state index contributed by atoms with van der Waals surface area (Å²) in [5, 5.41) is 20.4. The van der Waals surface area contributed by atoms with E-state index < -0.39 is 35.5 Å². The molecule has 34 heavy (non-hydrogen) atoms. The number of nitrogens with one attached hydrogen (secondary N) is 2. The van der Waals surface area contributed by atoms with Gasteiger partial charge in [-0.15, -0.1) is 0 Å². The van der Waals surface area contributed by atoms with Crippen molar-refractivity contribution in [1.82, 2.24) is 9.78 Å². The van der Waals surface area contributed by atoms with E-state index in [4.69, 9.17) is 9.15 Å². The van der Waals surface area contributed by atoms with Gasteiger partial charge >= 0.3 is 6.18 Å². The van der Waals surface area contributed by atoms with Gasteiger partial charge in [0.05, 0.1) is 34.3 Å². The summed E-state index contributed by atoms with van der Waals surface area (Å²) in [4.78, 5) is 23.3. The predicted molar refractivity (Wildman–Crippen MR) is 120 cm³/mol. The zero-order valence-electron chi connectivity index (χ0n) is 17.0. The molecule has 1 aliphatic heterocycles. The molecule has 180 valence electrons. The van der Waals surface area contributed by atoms with Crippen LogP contribution >= 0.6 is 31.9 Å². The first kappa shape index (κ1) is 24.1. The highest BCUT2D eigenvalue weighted by molar-refractivity contribution is 9.10. The summed E-state index contributed by atoms with van der Waals surface area (Å²) < 4.78 is 53.1. The van der Waals surface area contributed by atoms with E-state index in [2.05, 4.69) is 47.6 Å². The Morgan fingerprint density at radius 2 is 2.09 bits per heavy atom. The molecular formula is C19H14Br2F3N5O5. The van der Waals surface area contributed by atoms with Gasteiger partial charge in [-0.25, -0.2) is 4.68 Å². The Labute approximate surface area is 205 Å². The van der Waals surface area contributed by atoms with Crippen LogP contribution in [0.5, 0.6) is 5.75 Å². The van der Waals surface area contributed by atoms with E-state index in [1.165, 1.54) is 13.2 Å². The molecule has 0 unspecified atom stereocenters. The van der Waals surface area contributed by atoms with Crippen LogP contribution in [0.2, 0.25) is 0 Å². The number of carbonyl (C=O) groups is 1. The second kappa shape index (κ2) is 8.94. The molecule has 3 heterocycles. The minimum atomic E-state index is -4.66. The maximum Gasteiger partial charge on any atom is 0.410 e. The molecule has 3 aromatic rings. The van der Waals surface area contributed by atoms with Gasteiger partial charge in [-0.05, 0) is 44.0 Å². The fourth-order valence-corrected chi connectivity index (χ4v) is 4.38. The van der Waals surface area contributed by atoms with Crippen molar-refractivity contribution < 1.29 is 32.0 Å². The lowest BCUT2D eigenvalue weighted by atomic mass is 10.0. The molecule has 2 N–H and O–H groups in total. The number of benzene rings is 1. The van der Waals surface area contributed by atoms with Crippen molar-refractivity contribution in [3.8, 4) is 5.75 Å². The maximum absolute atomic E-state index is 13.9. The minimum Gasteiger partial charge on any atom is -0.496 e. The summed E-state index contributed by atoms with van der Waals surface area (Å²) in [5.41, 5.74) is -0.680. The molecule has 0 fully saturated rings. The van der Waals surface area contributed by atoms with Crippen molar-refractivity contribution in [2.75, 3.05) is 17.7 Å². The number of anilines is 2. The second-order valence-corrected chi connectivity index (χ2v) is 8.79. The van der Waals surface area contributed by atoms with Crippen molar-refractivity contribution >= 4 is 55.0 Å². The first-order chi connectivity index (χ1) is 16.0. The summed E-state index contributed by atoms with van der Waals surface area (Å²) in [5.74, 6) is -0.557. The Kier molecular flexibility index (Phi) is 6.33. The zero-order valence-corrected chi connectivity index (χ0v) is 20.2. The Morgan fingerprint density at radius 1 is 1.35 bits per heavy atom. The fourth-order valence-electron chi connectivity index (χ4n) is 3.51. The average molecular weight is 609 g/mol. The molecule has 1 aromatic carbocycles. The summed E-state index contributed by atoms with van der Waals surface area (Å²) >= 11 is 6.30. The number of methoxy groups -OCH3 is 1. The number of nitrogens with zero attached hydrogens (tertiary/aromatic N) is 3. The third-order valence-electron chi connectivity index (χ3n) is 5.04. The number of hydrogen-bond acceptors (Lipinski definition) is 7. The molecule has 4 rings (SSSR count). The van der Waals surface area contributed by atoms with E-state index in [9.17, 15) is 28.1 Å². The lowest BCUT2D eigenvalue weighted by molar-refractivity contribution is -0.384. The molecule has 2 atom stereocenters. The van der Waals surface area contributed by atoms with Gasteiger partial charge in [-0.2, -0.15) is 18.3 Å². The Balaban J connectivity index is 1.69. The average Bonchev–Trinajstić information content (AvgIpc) is 3.35. The molecule has 0 bridgehead atoms. The van der Waals surface area contributed by atoms with E-state index in [1.807, 2.05) is 0 Å². The van der Waals surface area contributed by atoms with Gasteiger partial charge in [0.15, 0.2) is 16.4 Å². The van der Waals surface area contributed by atoms with E-state index in [0.29, 0.717) is 9.35 Å². The first-order valence-corrected chi connectivity index (χ1v) is 11.1. The van der Waals surface area contributed by atoms with Crippen molar-refractivity contribution in [3.05, 3.63) is 61.0 Å². The zero-order chi connectivity index (χ0) is 24.8. The van der Waals surface area contributed by atoms with Gasteiger partial charge in [0.25, 0.3) is 11.6 Å². The summed E-state index contributed by atoms with van der Waals surface area (Å²) in [6.07, 6.45) is -5.08. The van der Waals surface area contributed by atoms with Crippen LogP contribution in [0.3, 0.4) is 0 Å². The molecule has 0 radical (unpaired) electrons. The number of rotatable bonds is 5. The number of fused-ring (bicyclic) bond motifs is 1. The van der Waals surface area contributed by atoms with E-state index >= 15 is 0 Å². The highest BCUT2D eigenvalue weighted by atomic mass is 79.9. The topological polar surface area (TPSA) is 124 Å². The summed E-state index contributed by atoms with van der Waals surface area (Å²) in [7, 11) is 1.29. The van der Waals surface area contributed by atoms with Crippen molar-refractivity contribution in [1.29, 1.82) is 0 Å². The molecular weight excluding hydrogens is 595 g/mol. The molecule has 0 spiro atoms. The molecule has 0 saturated heterocycles. The van der Waals surface area contributed by atoms with Crippen LogP contribution < -0.4 is 15.4 Å². The van der Waals surface area contributed by atoms with Crippen LogP contribution in [0.1, 0.15) is 34.8 Å². The quantitative estimate of drug-likeness (QED) is 0.276. The van der Waals surface area contributed by atoms with Crippen LogP contribution in [0.4, 0.5) is 30.4 Å². The Bertz CT molecular complexity index is 1280. The van der Waals surface area contributed by atoms with Crippen LogP contribution in [-0.4, -0.2) is 33.9 Å². The number of halogens is 5. The molecule has 2 aromatic heterocycles. The first-order valence-electron chi connectivity index (χ1n) is 9.49. The molecule has 0 aliphatic carbocycles.